The third-order valence-corrected chi connectivity index (χ3v) is 8.71. The average molecular weight is 523 g/mol. The molecule has 1 saturated heterocycles. The zero-order valence-electron chi connectivity index (χ0n) is 21.6. The molecule has 0 saturated carbocycles. The summed E-state index contributed by atoms with van der Waals surface area (Å²) in [4.78, 5) is 14.2. The summed E-state index contributed by atoms with van der Waals surface area (Å²) in [6.45, 7) is 6.31. The van der Waals surface area contributed by atoms with Crippen LogP contribution in [0.3, 0.4) is 0 Å². The summed E-state index contributed by atoms with van der Waals surface area (Å²) in [7, 11) is -2.24. The Bertz CT molecular complexity index is 1320. The lowest BCUT2D eigenvalue weighted by molar-refractivity contribution is -0.139. The van der Waals surface area contributed by atoms with Crippen molar-refractivity contribution in [2.24, 2.45) is 0 Å². The number of methoxy groups -OCH3 is 1. The van der Waals surface area contributed by atoms with Crippen molar-refractivity contribution in [1.29, 1.82) is 0 Å². The smallest absolute Gasteiger partial charge is 0.309 e. The lowest BCUT2D eigenvalue weighted by Gasteiger charge is -2.36. The predicted octanol–water partition coefficient (Wildman–Crippen LogP) is 3.80. The molecule has 8 heteroatoms. The molecule has 1 aliphatic heterocycles. The van der Waals surface area contributed by atoms with Crippen LogP contribution in [0.4, 0.5) is 0 Å². The van der Waals surface area contributed by atoms with Crippen molar-refractivity contribution in [2.75, 3.05) is 26.7 Å². The van der Waals surface area contributed by atoms with Crippen LogP contribution in [0, 0.1) is 13.8 Å². The summed E-state index contributed by atoms with van der Waals surface area (Å²) in [6, 6.07) is 20.7. The van der Waals surface area contributed by atoms with Crippen LogP contribution in [0.15, 0.2) is 71.6 Å². The minimum Gasteiger partial charge on any atom is -0.489 e. The van der Waals surface area contributed by atoms with E-state index in [1.165, 1.54) is 12.7 Å². The van der Waals surface area contributed by atoms with Gasteiger partial charge in [-0.3, -0.25) is 9.69 Å². The normalized spacial score (nSPS) is 16.4. The Morgan fingerprint density at radius 2 is 1.62 bits per heavy atom. The minimum atomic E-state index is -3.60. The molecule has 1 N–H and O–H groups in total. The van der Waals surface area contributed by atoms with E-state index in [0.717, 1.165) is 22.3 Å². The Morgan fingerprint density at radius 3 is 2.30 bits per heavy atom. The van der Waals surface area contributed by atoms with Gasteiger partial charge in [-0.1, -0.05) is 59.7 Å². The second kappa shape index (κ2) is 11.9. The van der Waals surface area contributed by atoms with Crippen LogP contribution in [0.5, 0.6) is 5.75 Å². The summed E-state index contributed by atoms with van der Waals surface area (Å²) in [5, 5.41) is 2.51. The van der Waals surface area contributed by atoms with E-state index in [1.807, 2.05) is 73.3 Å². The molecule has 3 aromatic carbocycles. The molecule has 0 aromatic heterocycles. The molecule has 1 heterocycles. The van der Waals surface area contributed by atoms with Gasteiger partial charge in [0.25, 0.3) is 0 Å². The molecule has 3 aromatic rings. The molecule has 1 fully saturated rings. The number of esters is 1. The van der Waals surface area contributed by atoms with Gasteiger partial charge in [0, 0.05) is 31.7 Å². The Labute approximate surface area is 219 Å². The highest BCUT2D eigenvalue weighted by Crippen LogP contribution is 2.28. The van der Waals surface area contributed by atoms with Crippen LogP contribution in [0.1, 0.15) is 27.8 Å². The largest absolute Gasteiger partial charge is 0.489 e. The molecule has 0 bridgehead atoms. The number of carbonyl (C=O) groups excluding carboxylic acids is 1. The van der Waals surface area contributed by atoms with Gasteiger partial charge in [-0.05, 0) is 43.2 Å². The van der Waals surface area contributed by atoms with E-state index in [0.29, 0.717) is 43.4 Å². The maximum atomic E-state index is 13.6. The number of rotatable bonds is 9. The molecule has 4 rings (SSSR count). The van der Waals surface area contributed by atoms with Crippen LogP contribution in [-0.4, -0.2) is 51.4 Å². The minimum absolute atomic E-state index is 0.133. The Balaban J connectivity index is 1.62. The monoisotopic (exact) mass is 522 g/mol. The molecule has 196 valence electrons. The Hall–Kier alpha value is -3.20. The van der Waals surface area contributed by atoms with Gasteiger partial charge in [-0.15, -0.1) is 0 Å². The van der Waals surface area contributed by atoms with Crippen LogP contribution in [-0.2, 0) is 38.9 Å². The third-order valence-electron chi connectivity index (χ3n) is 6.60. The van der Waals surface area contributed by atoms with Crippen molar-refractivity contribution < 1.29 is 22.7 Å². The fourth-order valence-electron chi connectivity index (χ4n) is 4.40. The van der Waals surface area contributed by atoms with Crippen LogP contribution in [0.2, 0.25) is 0 Å². The fourth-order valence-corrected chi connectivity index (χ4v) is 6.14. The van der Waals surface area contributed by atoms with E-state index in [4.69, 9.17) is 9.47 Å². The van der Waals surface area contributed by atoms with E-state index >= 15 is 0 Å². The fraction of sp³-hybridized carbons (Fsp3) is 0.345. The summed E-state index contributed by atoms with van der Waals surface area (Å²) < 4.78 is 38.2. The Morgan fingerprint density at radius 1 is 0.973 bits per heavy atom. The first kappa shape index (κ1) is 26.9. The quantitative estimate of drug-likeness (QED) is 0.428. The molecule has 1 unspecified atom stereocenters. The molecule has 0 amide bonds. The number of sulfone groups is 1. The number of ether oxygens (including phenoxy) is 2. The number of hydrogen-bond donors (Lipinski definition) is 1. The maximum Gasteiger partial charge on any atom is 0.309 e. The van der Waals surface area contributed by atoms with E-state index in [-0.39, 0.29) is 12.4 Å². The first-order chi connectivity index (χ1) is 17.8. The maximum absolute atomic E-state index is 13.6. The highest BCUT2D eigenvalue weighted by molar-refractivity contribution is 7.92. The summed E-state index contributed by atoms with van der Waals surface area (Å²) in [6.07, 6.45) is 0.133. The van der Waals surface area contributed by atoms with E-state index in [2.05, 4.69) is 5.32 Å². The van der Waals surface area contributed by atoms with Gasteiger partial charge in [-0.25, -0.2) is 8.42 Å². The summed E-state index contributed by atoms with van der Waals surface area (Å²) in [5.41, 5.74) is 4.85. The van der Waals surface area contributed by atoms with E-state index < -0.39 is 15.2 Å². The molecular formula is C29H34N2O5S. The van der Waals surface area contributed by atoms with Crippen molar-refractivity contribution >= 4 is 15.8 Å². The number of piperazine rings is 1. The predicted molar refractivity (Wildman–Crippen MR) is 143 cm³/mol. The highest BCUT2D eigenvalue weighted by atomic mass is 32.2. The molecule has 37 heavy (non-hydrogen) atoms. The topological polar surface area (TPSA) is 84.9 Å². The first-order valence-corrected chi connectivity index (χ1v) is 13.9. The first-order valence-electron chi connectivity index (χ1n) is 12.4. The number of benzene rings is 3. The van der Waals surface area contributed by atoms with E-state index in [9.17, 15) is 13.2 Å². The molecule has 7 nitrogen and oxygen atoms in total. The molecule has 0 radical (unpaired) electrons. The molecular weight excluding hydrogens is 488 g/mol. The number of aryl methyl sites for hydroxylation is 2. The summed E-state index contributed by atoms with van der Waals surface area (Å²) in [5.74, 6) is 0.334. The van der Waals surface area contributed by atoms with Crippen molar-refractivity contribution in [2.45, 2.75) is 43.7 Å². The van der Waals surface area contributed by atoms with E-state index in [1.54, 1.807) is 12.1 Å². The number of nitrogens with one attached hydrogen (secondary N) is 1. The molecule has 1 aliphatic rings. The van der Waals surface area contributed by atoms with Gasteiger partial charge in [0.2, 0.25) is 0 Å². The van der Waals surface area contributed by atoms with Gasteiger partial charge >= 0.3 is 5.97 Å². The number of carbonyl (C=O) groups is 1. The zero-order chi connectivity index (χ0) is 26.4. The number of hydrogen-bond acceptors (Lipinski definition) is 7. The van der Waals surface area contributed by atoms with Gasteiger partial charge < -0.3 is 14.8 Å². The van der Waals surface area contributed by atoms with Crippen molar-refractivity contribution in [1.82, 2.24) is 10.2 Å². The SMILES string of the molecule is COC(=O)Cc1ccc(OCc2ccc(C)cc2)c(CN2CCNCC2S(=O)(=O)c2ccc(C)cc2)c1. The standard InChI is InChI=1S/C29H34N2O5S/c1-21-4-8-23(9-5-21)20-36-27-13-10-24(17-29(32)35-3)16-25(27)19-31-15-14-30-18-28(31)37(33,34)26-11-6-22(2)7-12-26/h4-13,16,28,30H,14-15,17-20H2,1-3H3. The van der Waals surface area contributed by atoms with Crippen molar-refractivity contribution in [3.8, 4) is 5.75 Å². The van der Waals surface area contributed by atoms with Gasteiger partial charge in [0.05, 0.1) is 18.4 Å². The Kier molecular flexibility index (Phi) is 8.63. The van der Waals surface area contributed by atoms with Gasteiger partial charge in [0.1, 0.15) is 17.7 Å². The zero-order valence-corrected chi connectivity index (χ0v) is 22.4. The molecule has 0 spiro atoms. The highest BCUT2D eigenvalue weighted by Gasteiger charge is 2.35. The van der Waals surface area contributed by atoms with Crippen molar-refractivity contribution in [3.63, 3.8) is 0 Å². The van der Waals surface area contributed by atoms with Crippen LogP contribution in [0.25, 0.3) is 0 Å². The van der Waals surface area contributed by atoms with Gasteiger partial charge in [-0.2, -0.15) is 0 Å². The molecule has 1 atom stereocenters. The van der Waals surface area contributed by atoms with Crippen LogP contribution >= 0.6 is 0 Å². The lowest BCUT2D eigenvalue weighted by Crippen LogP contribution is -2.54. The number of nitrogens with zero attached hydrogens (tertiary/aromatic N) is 1. The third kappa shape index (κ3) is 6.77. The lowest BCUT2D eigenvalue weighted by atomic mass is 10.1. The van der Waals surface area contributed by atoms with Crippen molar-refractivity contribution in [3.05, 3.63) is 94.5 Å². The molecule has 0 aliphatic carbocycles. The summed E-state index contributed by atoms with van der Waals surface area (Å²) >= 11 is 0. The van der Waals surface area contributed by atoms with Gasteiger partial charge in [0.15, 0.2) is 9.84 Å². The average Bonchev–Trinajstić information content (AvgIpc) is 2.89. The van der Waals surface area contributed by atoms with Crippen LogP contribution < -0.4 is 10.1 Å². The second-order valence-electron chi connectivity index (χ2n) is 9.46. The second-order valence-corrected chi connectivity index (χ2v) is 11.6.